The fourth-order valence-electron chi connectivity index (χ4n) is 1.66. The molecule has 0 bridgehead atoms. The highest BCUT2D eigenvalue weighted by Gasteiger charge is 2.26. The number of benzene rings is 1. The van der Waals surface area contributed by atoms with Crippen LogP contribution in [0.3, 0.4) is 0 Å². The van der Waals surface area contributed by atoms with E-state index in [1.165, 1.54) is 0 Å². The van der Waals surface area contributed by atoms with Crippen molar-refractivity contribution in [1.82, 2.24) is 9.97 Å². The van der Waals surface area contributed by atoms with Gasteiger partial charge in [0.2, 0.25) is 0 Å². The maximum Gasteiger partial charge on any atom is 0.389 e. The number of aromatic amines is 1. The molecule has 6 heteroatoms. The molecule has 0 radical (unpaired) electrons. The first kappa shape index (κ1) is 13.7. The first-order valence-electron chi connectivity index (χ1n) is 5.66. The second-order valence-corrected chi connectivity index (χ2v) is 4.48. The van der Waals surface area contributed by atoms with E-state index in [4.69, 9.17) is 12.2 Å². The van der Waals surface area contributed by atoms with Crippen LogP contribution >= 0.6 is 12.2 Å². The average molecular weight is 284 g/mol. The van der Waals surface area contributed by atoms with Crippen LogP contribution in [-0.2, 0) is 6.42 Å². The molecule has 0 fully saturated rings. The summed E-state index contributed by atoms with van der Waals surface area (Å²) in [6.45, 7) is 0. The van der Waals surface area contributed by atoms with E-state index >= 15 is 0 Å². The van der Waals surface area contributed by atoms with Crippen LogP contribution < -0.4 is 0 Å². The van der Waals surface area contributed by atoms with E-state index in [1.807, 2.05) is 30.3 Å². The fraction of sp³-hybridized carbons (Fsp3) is 0.231. The molecule has 19 heavy (non-hydrogen) atoms. The molecule has 0 unspecified atom stereocenters. The largest absolute Gasteiger partial charge is 0.389 e. The molecular formula is C13H11F3N2S. The van der Waals surface area contributed by atoms with Crippen LogP contribution in [0.2, 0.25) is 0 Å². The number of hydrogen-bond donors (Lipinski definition) is 1. The monoisotopic (exact) mass is 284 g/mol. The van der Waals surface area contributed by atoms with Crippen molar-refractivity contribution in [3.8, 4) is 11.3 Å². The summed E-state index contributed by atoms with van der Waals surface area (Å²) in [5.74, 6) is 0.253. The van der Waals surface area contributed by atoms with Gasteiger partial charge in [-0.2, -0.15) is 13.2 Å². The molecule has 1 heterocycles. The van der Waals surface area contributed by atoms with Crippen molar-refractivity contribution in [2.75, 3.05) is 0 Å². The van der Waals surface area contributed by atoms with E-state index in [9.17, 15) is 13.2 Å². The summed E-state index contributed by atoms with van der Waals surface area (Å²) in [6.07, 6.45) is -5.31. The Kier molecular flexibility index (Phi) is 3.99. The standard InChI is InChI=1S/C13H11F3N2S/c14-13(15,16)7-6-11-17-10(8-12(19)18-11)9-4-2-1-3-5-9/h1-5,8H,6-7H2,(H,17,18,19). The summed E-state index contributed by atoms with van der Waals surface area (Å²) in [5.41, 5.74) is 1.54. The molecule has 0 saturated carbocycles. The first-order valence-corrected chi connectivity index (χ1v) is 6.07. The summed E-state index contributed by atoms with van der Waals surface area (Å²) in [4.78, 5) is 6.82. The van der Waals surface area contributed by atoms with Crippen molar-refractivity contribution < 1.29 is 13.2 Å². The quantitative estimate of drug-likeness (QED) is 0.851. The molecule has 1 N–H and O–H groups in total. The third-order valence-corrected chi connectivity index (χ3v) is 2.73. The Labute approximate surface area is 113 Å². The fourth-order valence-corrected chi connectivity index (χ4v) is 1.89. The van der Waals surface area contributed by atoms with Gasteiger partial charge in [-0.25, -0.2) is 4.98 Å². The minimum Gasteiger partial charge on any atom is -0.343 e. The van der Waals surface area contributed by atoms with Crippen LogP contribution in [0.15, 0.2) is 36.4 Å². The van der Waals surface area contributed by atoms with E-state index in [0.29, 0.717) is 5.69 Å². The Morgan fingerprint density at radius 1 is 1.16 bits per heavy atom. The van der Waals surface area contributed by atoms with Gasteiger partial charge in [0.15, 0.2) is 0 Å². The number of rotatable bonds is 3. The Bertz CT molecular complexity index is 605. The molecule has 0 saturated heterocycles. The lowest BCUT2D eigenvalue weighted by Gasteiger charge is -2.08. The molecule has 0 aliphatic rings. The predicted molar refractivity (Wildman–Crippen MR) is 69.2 cm³/mol. The van der Waals surface area contributed by atoms with Crippen LogP contribution in [0.25, 0.3) is 11.3 Å². The number of nitrogens with one attached hydrogen (secondary N) is 1. The lowest BCUT2D eigenvalue weighted by Crippen LogP contribution is -2.10. The number of alkyl halides is 3. The van der Waals surface area contributed by atoms with Crippen LogP contribution in [-0.4, -0.2) is 16.1 Å². The second-order valence-electron chi connectivity index (χ2n) is 4.06. The zero-order valence-electron chi connectivity index (χ0n) is 9.87. The molecule has 2 aromatic rings. The Balaban J connectivity index is 2.28. The van der Waals surface area contributed by atoms with Gasteiger partial charge in [-0.1, -0.05) is 42.5 Å². The topological polar surface area (TPSA) is 28.7 Å². The van der Waals surface area contributed by atoms with Crippen LogP contribution in [0.1, 0.15) is 12.2 Å². The lowest BCUT2D eigenvalue weighted by atomic mass is 10.1. The van der Waals surface area contributed by atoms with E-state index in [2.05, 4.69) is 9.97 Å². The van der Waals surface area contributed by atoms with Crippen molar-refractivity contribution in [2.45, 2.75) is 19.0 Å². The molecule has 0 spiro atoms. The van der Waals surface area contributed by atoms with Gasteiger partial charge in [0.25, 0.3) is 0 Å². The number of aromatic nitrogens is 2. The van der Waals surface area contributed by atoms with Crippen molar-refractivity contribution in [2.24, 2.45) is 0 Å². The highest BCUT2D eigenvalue weighted by molar-refractivity contribution is 7.71. The molecule has 0 aliphatic heterocycles. The van der Waals surface area contributed by atoms with Gasteiger partial charge < -0.3 is 4.98 Å². The van der Waals surface area contributed by atoms with Crippen LogP contribution in [0.5, 0.6) is 0 Å². The molecule has 2 rings (SSSR count). The molecular weight excluding hydrogens is 273 g/mol. The summed E-state index contributed by atoms with van der Waals surface area (Å²) < 4.78 is 36.9. The van der Waals surface area contributed by atoms with Gasteiger partial charge in [0.1, 0.15) is 10.5 Å². The van der Waals surface area contributed by atoms with E-state index in [1.54, 1.807) is 6.07 Å². The molecule has 0 aliphatic carbocycles. The van der Waals surface area contributed by atoms with Crippen molar-refractivity contribution in [3.05, 3.63) is 46.9 Å². The zero-order chi connectivity index (χ0) is 13.9. The van der Waals surface area contributed by atoms with E-state index < -0.39 is 12.6 Å². The summed E-state index contributed by atoms with van der Waals surface area (Å²) in [5, 5.41) is 0. The minimum absolute atomic E-state index is 0.201. The maximum atomic E-state index is 12.2. The van der Waals surface area contributed by atoms with E-state index in [-0.39, 0.29) is 16.9 Å². The SMILES string of the molecule is FC(F)(F)CCc1nc(=S)cc(-c2ccccc2)[nH]1. The zero-order valence-corrected chi connectivity index (χ0v) is 10.7. The first-order chi connectivity index (χ1) is 8.94. The lowest BCUT2D eigenvalue weighted by molar-refractivity contribution is -0.134. The maximum absolute atomic E-state index is 12.2. The minimum atomic E-state index is -4.19. The predicted octanol–water partition coefficient (Wildman–Crippen LogP) is 4.30. The third kappa shape index (κ3) is 4.17. The highest BCUT2D eigenvalue weighted by atomic mass is 32.1. The second kappa shape index (κ2) is 5.52. The van der Waals surface area contributed by atoms with Crippen LogP contribution in [0.4, 0.5) is 13.2 Å². The molecule has 0 atom stereocenters. The van der Waals surface area contributed by atoms with Gasteiger partial charge in [-0.15, -0.1) is 0 Å². The molecule has 100 valence electrons. The number of aryl methyl sites for hydroxylation is 1. The number of hydrogen-bond acceptors (Lipinski definition) is 2. The Morgan fingerprint density at radius 3 is 2.47 bits per heavy atom. The average Bonchev–Trinajstić information content (AvgIpc) is 2.36. The van der Waals surface area contributed by atoms with E-state index in [0.717, 1.165) is 5.56 Å². The van der Waals surface area contributed by atoms with Gasteiger partial charge in [-0.3, -0.25) is 0 Å². The number of nitrogens with zero attached hydrogens (tertiary/aromatic N) is 1. The molecule has 1 aromatic carbocycles. The third-order valence-electron chi connectivity index (χ3n) is 2.52. The number of halogens is 3. The normalized spacial score (nSPS) is 11.5. The summed E-state index contributed by atoms with van der Waals surface area (Å²) in [7, 11) is 0. The Morgan fingerprint density at radius 2 is 1.84 bits per heavy atom. The summed E-state index contributed by atoms with van der Waals surface area (Å²) in [6, 6.07) is 10.9. The van der Waals surface area contributed by atoms with Crippen LogP contribution in [0, 0.1) is 4.64 Å². The van der Waals surface area contributed by atoms with Crippen molar-refractivity contribution in [3.63, 3.8) is 0 Å². The number of H-pyrrole nitrogens is 1. The van der Waals surface area contributed by atoms with Crippen molar-refractivity contribution >= 4 is 12.2 Å². The van der Waals surface area contributed by atoms with Crippen molar-refractivity contribution in [1.29, 1.82) is 0 Å². The molecule has 2 nitrogen and oxygen atoms in total. The molecule has 0 amide bonds. The van der Waals surface area contributed by atoms with Gasteiger partial charge in [0, 0.05) is 12.1 Å². The Hall–Kier alpha value is -1.69. The van der Waals surface area contributed by atoms with Gasteiger partial charge >= 0.3 is 6.18 Å². The highest BCUT2D eigenvalue weighted by Crippen LogP contribution is 2.22. The van der Waals surface area contributed by atoms with Gasteiger partial charge in [-0.05, 0) is 11.6 Å². The molecule has 1 aromatic heterocycles. The van der Waals surface area contributed by atoms with Gasteiger partial charge in [0.05, 0.1) is 6.42 Å². The summed E-state index contributed by atoms with van der Waals surface area (Å²) >= 11 is 4.98. The smallest absolute Gasteiger partial charge is 0.343 e.